The Morgan fingerprint density at radius 3 is 2.60 bits per heavy atom. The summed E-state index contributed by atoms with van der Waals surface area (Å²) in [7, 11) is 2.24. The first-order valence-corrected chi connectivity index (χ1v) is 14.8. The number of imidazole rings is 1. The summed E-state index contributed by atoms with van der Waals surface area (Å²) in [5.74, 6) is 1.92. The van der Waals surface area contributed by atoms with Gasteiger partial charge < -0.3 is 28.8 Å². The Labute approximate surface area is 247 Å². The highest BCUT2D eigenvalue weighted by molar-refractivity contribution is 5.99. The van der Waals surface area contributed by atoms with Gasteiger partial charge >= 0.3 is 6.03 Å². The first kappa shape index (κ1) is 28.2. The van der Waals surface area contributed by atoms with Crippen molar-refractivity contribution in [3.05, 3.63) is 60.6 Å². The molecule has 1 unspecified atom stereocenters. The quantitative estimate of drug-likeness (QED) is 0.261. The van der Waals surface area contributed by atoms with Crippen molar-refractivity contribution in [1.82, 2.24) is 24.3 Å². The van der Waals surface area contributed by atoms with Gasteiger partial charge in [0.05, 0.1) is 18.5 Å². The molecule has 1 atom stereocenters. The maximum atomic E-state index is 12.4. The van der Waals surface area contributed by atoms with Crippen molar-refractivity contribution in [2.45, 2.75) is 45.4 Å². The highest BCUT2D eigenvalue weighted by Crippen LogP contribution is 2.38. The second-order valence-corrected chi connectivity index (χ2v) is 13.0. The normalized spacial score (nSPS) is 19.6. The van der Waals surface area contributed by atoms with E-state index < -0.39 is 0 Å². The monoisotopic (exact) mass is 571 g/mol. The van der Waals surface area contributed by atoms with Crippen LogP contribution in [-0.4, -0.2) is 76.8 Å². The number of nitrogens with one attached hydrogen (secondary N) is 2. The molecule has 0 radical (unpaired) electrons. The molecule has 2 N–H and O–H groups in total. The zero-order valence-electron chi connectivity index (χ0n) is 25.0. The minimum atomic E-state index is -0.386. The van der Waals surface area contributed by atoms with E-state index in [1.807, 2.05) is 74.0 Å². The number of fused-ring (bicyclic) bond motifs is 1. The van der Waals surface area contributed by atoms with E-state index in [4.69, 9.17) is 14.2 Å². The Morgan fingerprint density at radius 2 is 1.86 bits per heavy atom. The van der Waals surface area contributed by atoms with Gasteiger partial charge in [-0.1, -0.05) is 38.1 Å². The number of likely N-dealkylation sites (tertiary alicyclic amines) is 2. The molecule has 5 heterocycles. The van der Waals surface area contributed by atoms with Crippen LogP contribution in [0.2, 0.25) is 0 Å². The third-order valence-electron chi connectivity index (χ3n) is 8.39. The molecule has 1 aromatic carbocycles. The van der Waals surface area contributed by atoms with Crippen LogP contribution in [0.3, 0.4) is 0 Å². The van der Waals surface area contributed by atoms with Crippen molar-refractivity contribution in [2.24, 2.45) is 5.41 Å². The second kappa shape index (κ2) is 11.4. The van der Waals surface area contributed by atoms with Gasteiger partial charge in [0.2, 0.25) is 0 Å². The van der Waals surface area contributed by atoms with Crippen molar-refractivity contribution in [3.8, 4) is 17.0 Å². The summed E-state index contributed by atoms with van der Waals surface area (Å²) in [6, 6.07) is 12.9. The van der Waals surface area contributed by atoms with Gasteiger partial charge in [-0.25, -0.2) is 9.78 Å². The lowest BCUT2D eigenvalue weighted by atomic mass is 9.86. The van der Waals surface area contributed by atoms with Crippen molar-refractivity contribution in [3.63, 3.8) is 0 Å². The molecule has 2 aliphatic heterocycles. The highest BCUT2D eigenvalue weighted by atomic mass is 16.5. The molecule has 4 aromatic rings. The lowest BCUT2D eigenvalue weighted by Crippen LogP contribution is -2.30. The lowest BCUT2D eigenvalue weighted by Gasteiger charge is -2.23. The van der Waals surface area contributed by atoms with Gasteiger partial charge in [0, 0.05) is 48.6 Å². The molecule has 2 fully saturated rings. The molecule has 0 saturated carbocycles. The predicted molar refractivity (Wildman–Crippen MR) is 164 cm³/mol. The minimum absolute atomic E-state index is 0.185. The van der Waals surface area contributed by atoms with E-state index in [0.29, 0.717) is 29.3 Å². The summed E-state index contributed by atoms with van der Waals surface area (Å²) in [6.07, 6.45) is 7.67. The molecule has 222 valence electrons. The van der Waals surface area contributed by atoms with Gasteiger partial charge in [-0.05, 0) is 69.1 Å². The zero-order valence-corrected chi connectivity index (χ0v) is 25.0. The van der Waals surface area contributed by atoms with Crippen LogP contribution >= 0.6 is 0 Å². The Kier molecular flexibility index (Phi) is 7.67. The van der Waals surface area contributed by atoms with Crippen molar-refractivity contribution in [1.29, 1.82) is 0 Å². The fraction of sp³-hybridized carbons (Fsp3) is 0.469. The van der Waals surface area contributed by atoms with E-state index in [0.717, 1.165) is 35.6 Å². The van der Waals surface area contributed by atoms with Crippen LogP contribution in [-0.2, 0) is 5.41 Å². The molecule has 0 aliphatic carbocycles. The topological polar surface area (TPSA) is 100 Å². The van der Waals surface area contributed by atoms with Crippen molar-refractivity contribution in [2.75, 3.05) is 57.0 Å². The number of amides is 2. The van der Waals surface area contributed by atoms with Crippen LogP contribution in [0.4, 0.5) is 16.3 Å². The van der Waals surface area contributed by atoms with E-state index in [-0.39, 0.29) is 11.4 Å². The fourth-order valence-corrected chi connectivity index (χ4v) is 6.08. The van der Waals surface area contributed by atoms with Crippen LogP contribution in [0.25, 0.3) is 16.9 Å². The Morgan fingerprint density at radius 1 is 1.05 bits per heavy atom. The number of anilines is 2. The van der Waals surface area contributed by atoms with E-state index >= 15 is 0 Å². The van der Waals surface area contributed by atoms with Gasteiger partial charge in [0.15, 0.2) is 5.82 Å². The number of aromatic nitrogens is 3. The molecule has 2 saturated heterocycles. The molecule has 2 aliphatic rings. The largest absolute Gasteiger partial charge is 0.492 e. The van der Waals surface area contributed by atoms with Crippen molar-refractivity contribution >= 4 is 23.2 Å². The first-order chi connectivity index (χ1) is 20.1. The molecule has 0 bridgehead atoms. The van der Waals surface area contributed by atoms with Crippen LogP contribution < -0.4 is 15.4 Å². The molecule has 10 nitrogen and oxygen atoms in total. The molecule has 1 spiro atoms. The third-order valence-corrected chi connectivity index (χ3v) is 8.39. The number of carbonyl (C=O) groups excluding carboxylic acids is 1. The SMILES string of the molecule is CN1CCC2(CCN(CCCOc3ccc4nc(-c5ccc(NC(=O)Nc6cc(C(C)(C)C)on6)cc5)cn4c3)C2)C1. The standard InChI is InChI=1S/C32H41N7O3/c1-31(2,3)27-18-28(36-42-27)35-30(40)33-24-8-6-23(7-9-24)26-20-39-19-25(10-11-29(39)34-26)41-17-5-14-38-16-13-32(22-38)12-15-37(4)21-32/h6-11,18-20H,5,12-17,21-22H2,1-4H3,(H2,33,35,36,40). The summed E-state index contributed by atoms with van der Waals surface area (Å²) in [6.45, 7) is 12.8. The van der Waals surface area contributed by atoms with E-state index in [2.05, 4.69) is 32.6 Å². The molecular formula is C32H41N7O3. The predicted octanol–water partition coefficient (Wildman–Crippen LogP) is 5.73. The Bertz CT molecular complexity index is 1540. The van der Waals surface area contributed by atoms with Gasteiger partial charge in [-0.15, -0.1) is 0 Å². The molecule has 10 heteroatoms. The number of carbonyl (C=O) groups is 1. The Balaban J connectivity index is 0.991. The van der Waals surface area contributed by atoms with E-state index in [1.54, 1.807) is 6.07 Å². The Hall–Kier alpha value is -3.89. The summed E-state index contributed by atoms with van der Waals surface area (Å²) >= 11 is 0. The summed E-state index contributed by atoms with van der Waals surface area (Å²) in [4.78, 5) is 22.3. The van der Waals surface area contributed by atoms with Crippen LogP contribution in [0.15, 0.2) is 59.4 Å². The van der Waals surface area contributed by atoms with Crippen LogP contribution in [0, 0.1) is 5.41 Å². The van der Waals surface area contributed by atoms with Gasteiger partial charge in [-0.3, -0.25) is 5.32 Å². The first-order valence-electron chi connectivity index (χ1n) is 14.8. The average Bonchev–Trinajstić information content (AvgIpc) is 3.74. The maximum Gasteiger partial charge on any atom is 0.324 e. The molecule has 6 rings (SSSR count). The summed E-state index contributed by atoms with van der Waals surface area (Å²) < 4.78 is 13.4. The summed E-state index contributed by atoms with van der Waals surface area (Å²) in [5, 5.41) is 9.47. The third kappa shape index (κ3) is 6.44. The van der Waals surface area contributed by atoms with Crippen LogP contribution in [0.1, 0.15) is 45.8 Å². The molecule has 2 amide bonds. The van der Waals surface area contributed by atoms with Gasteiger partial charge in [-0.2, -0.15) is 0 Å². The van der Waals surface area contributed by atoms with Crippen LogP contribution in [0.5, 0.6) is 5.75 Å². The molecule has 42 heavy (non-hydrogen) atoms. The number of ether oxygens (including phenoxy) is 1. The smallest absolute Gasteiger partial charge is 0.324 e. The lowest BCUT2D eigenvalue weighted by molar-refractivity contribution is 0.232. The maximum absolute atomic E-state index is 12.4. The molecular weight excluding hydrogens is 530 g/mol. The second-order valence-electron chi connectivity index (χ2n) is 13.0. The number of hydrogen-bond donors (Lipinski definition) is 2. The number of hydrogen-bond acceptors (Lipinski definition) is 7. The number of pyridine rings is 1. The number of urea groups is 1. The van der Waals surface area contributed by atoms with Crippen molar-refractivity contribution < 1.29 is 14.1 Å². The number of rotatable bonds is 8. The fourth-order valence-electron chi connectivity index (χ4n) is 6.08. The average molecular weight is 572 g/mol. The van der Waals surface area contributed by atoms with E-state index in [1.165, 1.54) is 39.0 Å². The zero-order chi connectivity index (χ0) is 29.3. The van der Waals surface area contributed by atoms with Gasteiger partial charge in [0.1, 0.15) is 17.2 Å². The number of benzene rings is 1. The summed E-state index contributed by atoms with van der Waals surface area (Å²) in [5.41, 5.74) is 3.66. The van der Waals surface area contributed by atoms with Gasteiger partial charge in [0.25, 0.3) is 0 Å². The van der Waals surface area contributed by atoms with E-state index in [9.17, 15) is 4.79 Å². The highest BCUT2D eigenvalue weighted by Gasteiger charge is 2.41. The molecule has 3 aromatic heterocycles. The number of nitrogens with zero attached hydrogens (tertiary/aromatic N) is 5. The minimum Gasteiger partial charge on any atom is -0.492 e.